The van der Waals surface area contributed by atoms with Crippen LogP contribution in [0.15, 0.2) is 0 Å². The maximum absolute atomic E-state index is 11.1. The van der Waals surface area contributed by atoms with Crippen molar-refractivity contribution in [2.24, 2.45) is 5.73 Å². The van der Waals surface area contributed by atoms with Crippen molar-refractivity contribution in [1.29, 1.82) is 0 Å². The highest BCUT2D eigenvalue weighted by atomic mass is 32.1. The maximum atomic E-state index is 11.1. The monoisotopic (exact) mass is 201 g/mol. The minimum absolute atomic E-state index is 0.0121. The van der Waals surface area contributed by atoms with Gasteiger partial charge in [-0.15, -0.1) is 0 Å². The molecular formula is C7H11N3O2S. The first-order chi connectivity index (χ1) is 6.09. The molecule has 0 atom stereocenters. The summed E-state index contributed by atoms with van der Waals surface area (Å²) in [6, 6.07) is 0. The van der Waals surface area contributed by atoms with Crippen LogP contribution in [0.3, 0.4) is 0 Å². The molecule has 1 heterocycles. The predicted octanol–water partition coefficient (Wildman–Crippen LogP) is -1.03. The molecule has 0 saturated carbocycles. The topological polar surface area (TPSA) is 75.4 Å². The van der Waals surface area contributed by atoms with E-state index in [0.717, 1.165) is 6.42 Å². The molecule has 6 heteroatoms. The minimum atomic E-state index is -0.331. The molecule has 1 fully saturated rings. The minimum Gasteiger partial charge on any atom is -0.376 e. The van der Waals surface area contributed by atoms with Gasteiger partial charge in [-0.05, 0) is 18.6 Å². The largest absolute Gasteiger partial charge is 0.376 e. The van der Waals surface area contributed by atoms with E-state index in [2.05, 4.69) is 17.5 Å². The van der Waals surface area contributed by atoms with Gasteiger partial charge in [0.25, 0.3) is 0 Å². The summed E-state index contributed by atoms with van der Waals surface area (Å²) in [6.07, 6.45) is 1.35. The summed E-state index contributed by atoms with van der Waals surface area (Å²) in [4.78, 5) is 23.7. The van der Waals surface area contributed by atoms with E-state index in [-0.39, 0.29) is 23.5 Å². The third-order valence-corrected chi connectivity index (χ3v) is 1.87. The summed E-state index contributed by atoms with van der Waals surface area (Å²) in [5.74, 6) is -0.319. The van der Waals surface area contributed by atoms with Crippen LogP contribution in [0.25, 0.3) is 0 Å². The molecule has 1 aliphatic rings. The van der Waals surface area contributed by atoms with Crippen LogP contribution in [0.1, 0.15) is 12.8 Å². The normalized spacial score (nSPS) is 16.0. The third kappa shape index (κ3) is 2.98. The van der Waals surface area contributed by atoms with Crippen LogP contribution in [0, 0.1) is 0 Å². The first-order valence-corrected chi connectivity index (χ1v) is 4.37. The van der Waals surface area contributed by atoms with Crippen molar-refractivity contribution >= 4 is 29.1 Å². The van der Waals surface area contributed by atoms with E-state index in [4.69, 9.17) is 5.73 Å². The number of hydrogen-bond donors (Lipinski definition) is 2. The Morgan fingerprint density at radius 2 is 2.38 bits per heavy atom. The van der Waals surface area contributed by atoms with Crippen molar-refractivity contribution in [1.82, 2.24) is 10.2 Å². The molecule has 0 aromatic heterocycles. The van der Waals surface area contributed by atoms with Gasteiger partial charge in [0.05, 0.1) is 6.54 Å². The van der Waals surface area contributed by atoms with E-state index in [1.54, 1.807) is 0 Å². The Hall–Kier alpha value is -1.17. The van der Waals surface area contributed by atoms with Gasteiger partial charge in [0.1, 0.15) is 0 Å². The van der Waals surface area contributed by atoms with Crippen LogP contribution >= 0.6 is 12.2 Å². The number of carbonyl (C=O) groups is 2. The molecule has 1 saturated heterocycles. The molecule has 3 N–H and O–H groups in total. The van der Waals surface area contributed by atoms with Crippen LogP contribution in [0.2, 0.25) is 0 Å². The van der Waals surface area contributed by atoms with Crippen molar-refractivity contribution in [3.63, 3.8) is 0 Å². The summed E-state index contributed by atoms with van der Waals surface area (Å²) in [5.41, 5.74) is 5.10. The molecule has 0 aromatic rings. The van der Waals surface area contributed by atoms with Gasteiger partial charge >= 0.3 is 0 Å². The van der Waals surface area contributed by atoms with E-state index in [9.17, 15) is 9.59 Å². The lowest BCUT2D eigenvalue weighted by Gasteiger charge is -2.13. The molecule has 5 nitrogen and oxygen atoms in total. The fourth-order valence-electron chi connectivity index (χ4n) is 1.22. The molecule has 0 bridgehead atoms. The second kappa shape index (κ2) is 4.18. The van der Waals surface area contributed by atoms with E-state index in [1.807, 2.05) is 0 Å². The Morgan fingerprint density at radius 3 is 2.85 bits per heavy atom. The SMILES string of the molecule is NC(=S)NC(=O)CN1CCCC1=O. The number of nitrogens with two attached hydrogens (primary N) is 1. The van der Waals surface area contributed by atoms with Gasteiger partial charge in [0.2, 0.25) is 11.8 Å². The Morgan fingerprint density at radius 1 is 1.69 bits per heavy atom. The summed E-state index contributed by atoms with van der Waals surface area (Å²) < 4.78 is 0. The summed E-state index contributed by atoms with van der Waals surface area (Å²) in [6.45, 7) is 0.694. The molecule has 0 spiro atoms. The third-order valence-electron chi connectivity index (χ3n) is 1.77. The molecule has 1 rings (SSSR count). The standard InChI is InChI=1S/C7H11N3O2S/c8-7(13)9-5(11)4-10-3-1-2-6(10)12/h1-4H2,(H3,8,9,11,13). The van der Waals surface area contributed by atoms with Gasteiger partial charge in [-0.3, -0.25) is 9.59 Å². The lowest BCUT2D eigenvalue weighted by molar-refractivity contribution is -0.132. The summed E-state index contributed by atoms with van der Waals surface area (Å²) in [5, 5.41) is 2.21. The summed E-state index contributed by atoms with van der Waals surface area (Å²) >= 11 is 4.48. The number of nitrogens with zero attached hydrogens (tertiary/aromatic N) is 1. The lowest BCUT2D eigenvalue weighted by atomic mass is 10.4. The smallest absolute Gasteiger partial charge is 0.245 e. The number of carbonyl (C=O) groups excluding carboxylic acids is 2. The number of hydrogen-bond acceptors (Lipinski definition) is 3. The van der Waals surface area contributed by atoms with Gasteiger partial charge in [-0.2, -0.15) is 0 Å². The van der Waals surface area contributed by atoms with Gasteiger partial charge in [0.15, 0.2) is 5.11 Å². The fourth-order valence-corrected chi connectivity index (χ4v) is 1.34. The van der Waals surface area contributed by atoms with Gasteiger partial charge in [-0.25, -0.2) is 0 Å². The Bertz CT molecular complexity index is 254. The van der Waals surface area contributed by atoms with E-state index < -0.39 is 0 Å². The second-order valence-corrected chi connectivity index (χ2v) is 3.27. The second-order valence-electron chi connectivity index (χ2n) is 2.83. The first-order valence-electron chi connectivity index (χ1n) is 3.96. The van der Waals surface area contributed by atoms with Crippen LogP contribution in [-0.4, -0.2) is 34.9 Å². The highest BCUT2D eigenvalue weighted by Crippen LogP contribution is 2.08. The Balaban J connectivity index is 2.35. The molecule has 0 aromatic carbocycles. The first kappa shape index (κ1) is 9.91. The van der Waals surface area contributed by atoms with Crippen LogP contribution in [-0.2, 0) is 9.59 Å². The molecule has 0 unspecified atom stereocenters. The van der Waals surface area contributed by atoms with Crippen molar-refractivity contribution in [2.75, 3.05) is 13.1 Å². The van der Waals surface area contributed by atoms with Crippen LogP contribution < -0.4 is 11.1 Å². The van der Waals surface area contributed by atoms with E-state index >= 15 is 0 Å². The quantitative estimate of drug-likeness (QED) is 0.560. The highest BCUT2D eigenvalue weighted by Gasteiger charge is 2.22. The van der Waals surface area contributed by atoms with Crippen molar-refractivity contribution in [3.8, 4) is 0 Å². The number of thiocarbonyl (C=S) groups is 1. The average molecular weight is 201 g/mol. The molecule has 2 amide bonds. The van der Waals surface area contributed by atoms with E-state index in [1.165, 1.54) is 4.90 Å². The fraction of sp³-hybridized carbons (Fsp3) is 0.571. The zero-order valence-corrected chi connectivity index (χ0v) is 7.89. The molecule has 1 aliphatic heterocycles. The number of likely N-dealkylation sites (tertiary alicyclic amines) is 1. The molecule has 0 aliphatic carbocycles. The number of nitrogens with one attached hydrogen (secondary N) is 1. The van der Waals surface area contributed by atoms with Gasteiger partial charge in [-0.1, -0.05) is 0 Å². The molecule has 0 radical (unpaired) electrons. The molecular weight excluding hydrogens is 190 g/mol. The average Bonchev–Trinajstić information content (AvgIpc) is 2.34. The van der Waals surface area contributed by atoms with Crippen molar-refractivity contribution < 1.29 is 9.59 Å². The maximum Gasteiger partial charge on any atom is 0.245 e. The summed E-state index contributed by atoms with van der Waals surface area (Å²) in [7, 11) is 0. The predicted molar refractivity (Wildman–Crippen MR) is 50.7 cm³/mol. The Labute approximate surface area is 81.3 Å². The van der Waals surface area contributed by atoms with Crippen molar-refractivity contribution in [3.05, 3.63) is 0 Å². The zero-order valence-electron chi connectivity index (χ0n) is 7.08. The Kier molecular flexibility index (Phi) is 3.18. The zero-order chi connectivity index (χ0) is 9.84. The van der Waals surface area contributed by atoms with Crippen molar-refractivity contribution in [2.45, 2.75) is 12.8 Å². The van der Waals surface area contributed by atoms with Gasteiger partial charge < -0.3 is 16.0 Å². The van der Waals surface area contributed by atoms with Gasteiger partial charge in [0, 0.05) is 13.0 Å². The molecule has 13 heavy (non-hydrogen) atoms. The number of amides is 2. The molecule has 72 valence electrons. The number of rotatable bonds is 2. The highest BCUT2D eigenvalue weighted by molar-refractivity contribution is 7.80. The van der Waals surface area contributed by atoms with E-state index in [0.29, 0.717) is 13.0 Å². The van der Waals surface area contributed by atoms with Crippen LogP contribution in [0.5, 0.6) is 0 Å². The lowest BCUT2D eigenvalue weighted by Crippen LogP contribution is -2.42. The van der Waals surface area contributed by atoms with Crippen LogP contribution in [0.4, 0.5) is 0 Å².